The summed E-state index contributed by atoms with van der Waals surface area (Å²) in [5.41, 5.74) is -1.86. The third kappa shape index (κ3) is 8.66. The van der Waals surface area contributed by atoms with Crippen LogP contribution in [0.2, 0.25) is 0 Å². The van der Waals surface area contributed by atoms with Crippen molar-refractivity contribution in [3.05, 3.63) is 71.0 Å². The van der Waals surface area contributed by atoms with Crippen LogP contribution in [-0.2, 0) is 0 Å². The summed E-state index contributed by atoms with van der Waals surface area (Å²) >= 11 is 0. The van der Waals surface area contributed by atoms with Crippen molar-refractivity contribution < 1.29 is 31.9 Å². The Morgan fingerprint density at radius 3 is 1.22 bits per heavy atom. The largest absolute Gasteiger partial charge is 0.477 e. The standard InChI is InChI=1S/C7HF5O2.C7H16.C6H6/c8-2-1(7(13)14)3(9)5(11)6(12)4(2)10;1-3-5-7-6-4-2;1-2-4-6-5-3-1/h(H,13,14);3-7H2,1-2H3;1-6H. The van der Waals surface area contributed by atoms with Gasteiger partial charge in [-0.2, -0.15) is 0 Å². The van der Waals surface area contributed by atoms with Gasteiger partial charge >= 0.3 is 5.97 Å². The highest BCUT2D eigenvalue weighted by Gasteiger charge is 2.29. The van der Waals surface area contributed by atoms with Crippen LogP contribution in [0.5, 0.6) is 0 Å². The molecule has 150 valence electrons. The normalized spacial score (nSPS) is 9.59. The minimum Gasteiger partial charge on any atom is -0.477 e. The summed E-state index contributed by atoms with van der Waals surface area (Å²) in [6.07, 6.45) is 7.01. The van der Waals surface area contributed by atoms with Crippen molar-refractivity contribution in [1.29, 1.82) is 0 Å². The van der Waals surface area contributed by atoms with E-state index in [1.165, 1.54) is 32.1 Å². The number of hydrogen-bond acceptors (Lipinski definition) is 1. The molecule has 0 aliphatic carbocycles. The number of aromatic carboxylic acids is 1. The first-order chi connectivity index (χ1) is 12.8. The molecule has 7 heteroatoms. The van der Waals surface area contributed by atoms with E-state index >= 15 is 0 Å². The lowest BCUT2D eigenvalue weighted by Gasteiger charge is -2.03. The number of carboxylic acid groups (broad SMARTS) is 1. The summed E-state index contributed by atoms with van der Waals surface area (Å²) in [6, 6.07) is 12.0. The van der Waals surface area contributed by atoms with E-state index in [0.29, 0.717) is 0 Å². The molecule has 2 aromatic rings. The third-order valence-corrected chi connectivity index (χ3v) is 3.30. The molecule has 0 aromatic heterocycles. The molecule has 0 amide bonds. The lowest BCUT2D eigenvalue weighted by atomic mass is 10.1. The predicted octanol–water partition coefficient (Wildman–Crippen LogP) is 6.74. The highest BCUT2D eigenvalue weighted by atomic mass is 19.2. The maximum atomic E-state index is 12.6. The van der Waals surface area contributed by atoms with Crippen molar-refractivity contribution in [3.63, 3.8) is 0 Å². The maximum Gasteiger partial charge on any atom is 0.341 e. The van der Waals surface area contributed by atoms with Gasteiger partial charge in [0.05, 0.1) is 0 Å². The number of carbonyl (C=O) groups is 1. The van der Waals surface area contributed by atoms with Crippen molar-refractivity contribution in [3.8, 4) is 0 Å². The Morgan fingerprint density at radius 1 is 0.667 bits per heavy atom. The summed E-state index contributed by atoms with van der Waals surface area (Å²) in [5, 5.41) is 8.15. The lowest BCUT2D eigenvalue weighted by molar-refractivity contribution is 0.0682. The second kappa shape index (κ2) is 13.7. The van der Waals surface area contributed by atoms with Crippen LogP contribution in [0.25, 0.3) is 0 Å². The van der Waals surface area contributed by atoms with E-state index in [1.54, 1.807) is 0 Å². The highest BCUT2D eigenvalue weighted by molar-refractivity contribution is 5.88. The van der Waals surface area contributed by atoms with Crippen molar-refractivity contribution in [1.82, 2.24) is 0 Å². The van der Waals surface area contributed by atoms with Crippen molar-refractivity contribution in [2.45, 2.75) is 46.0 Å². The number of carboxylic acids is 1. The van der Waals surface area contributed by atoms with E-state index in [1.807, 2.05) is 36.4 Å². The quantitative estimate of drug-likeness (QED) is 0.266. The van der Waals surface area contributed by atoms with Gasteiger partial charge in [-0.1, -0.05) is 82.3 Å². The number of halogens is 5. The predicted molar refractivity (Wildman–Crippen MR) is 94.1 cm³/mol. The first kappa shape index (κ1) is 24.6. The van der Waals surface area contributed by atoms with Crippen LogP contribution < -0.4 is 0 Å². The van der Waals surface area contributed by atoms with E-state index < -0.39 is 40.6 Å². The molecule has 27 heavy (non-hydrogen) atoms. The Bertz CT molecular complexity index is 631. The minimum absolute atomic E-state index is 1.36. The molecule has 2 nitrogen and oxygen atoms in total. The van der Waals surface area contributed by atoms with Crippen LogP contribution in [0.3, 0.4) is 0 Å². The third-order valence-electron chi connectivity index (χ3n) is 3.30. The molecule has 0 saturated carbocycles. The molecule has 0 radical (unpaired) electrons. The van der Waals surface area contributed by atoms with Gasteiger partial charge in [-0.05, 0) is 0 Å². The average molecular weight is 390 g/mol. The van der Waals surface area contributed by atoms with Gasteiger partial charge in [0, 0.05) is 0 Å². The van der Waals surface area contributed by atoms with Crippen LogP contribution in [-0.4, -0.2) is 11.1 Å². The van der Waals surface area contributed by atoms with Crippen molar-refractivity contribution >= 4 is 5.97 Å². The molecule has 0 unspecified atom stereocenters. The van der Waals surface area contributed by atoms with Crippen LogP contribution in [0.1, 0.15) is 56.3 Å². The van der Waals surface area contributed by atoms with Crippen molar-refractivity contribution in [2.75, 3.05) is 0 Å². The summed E-state index contributed by atoms with van der Waals surface area (Å²) in [4.78, 5) is 10.1. The van der Waals surface area contributed by atoms with Crippen LogP contribution in [0, 0.1) is 29.1 Å². The molecule has 2 aromatic carbocycles. The monoisotopic (exact) mass is 390 g/mol. The second-order valence-corrected chi connectivity index (χ2v) is 5.47. The molecular weight excluding hydrogens is 367 g/mol. The zero-order chi connectivity index (χ0) is 20.8. The van der Waals surface area contributed by atoms with E-state index in [0.717, 1.165) is 0 Å². The minimum atomic E-state index is -2.38. The van der Waals surface area contributed by atoms with Gasteiger partial charge in [0.1, 0.15) is 5.56 Å². The zero-order valence-electron chi connectivity index (χ0n) is 15.2. The Morgan fingerprint density at radius 2 is 0.963 bits per heavy atom. The Kier molecular flexibility index (Phi) is 12.5. The first-order valence-electron chi connectivity index (χ1n) is 8.54. The Balaban J connectivity index is 0.000000432. The van der Waals surface area contributed by atoms with Crippen molar-refractivity contribution in [2.24, 2.45) is 0 Å². The molecular formula is C20H23F5O2. The topological polar surface area (TPSA) is 37.3 Å². The number of hydrogen-bond donors (Lipinski definition) is 1. The SMILES string of the molecule is CCCCCCC.O=C(O)c1c(F)c(F)c(F)c(F)c1F.c1ccccc1. The Hall–Kier alpha value is -2.44. The molecule has 0 aliphatic heterocycles. The first-order valence-corrected chi connectivity index (χ1v) is 8.54. The zero-order valence-corrected chi connectivity index (χ0v) is 15.2. The summed E-state index contributed by atoms with van der Waals surface area (Å²) in [7, 11) is 0. The molecule has 0 saturated heterocycles. The van der Waals surface area contributed by atoms with Gasteiger partial charge in [0.25, 0.3) is 0 Å². The van der Waals surface area contributed by atoms with E-state index in [9.17, 15) is 26.7 Å². The number of unbranched alkanes of at least 4 members (excludes halogenated alkanes) is 4. The fourth-order valence-electron chi connectivity index (χ4n) is 1.85. The van der Waals surface area contributed by atoms with Gasteiger partial charge in [-0.25, -0.2) is 26.7 Å². The van der Waals surface area contributed by atoms with Gasteiger partial charge in [0.15, 0.2) is 23.3 Å². The molecule has 0 spiro atoms. The molecule has 0 aliphatic rings. The lowest BCUT2D eigenvalue weighted by Crippen LogP contribution is -2.11. The average Bonchev–Trinajstić information content (AvgIpc) is 2.67. The highest BCUT2D eigenvalue weighted by Crippen LogP contribution is 2.22. The molecule has 0 atom stereocenters. The second-order valence-electron chi connectivity index (χ2n) is 5.47. The number of rotatable bonds is 5. The summed E-state index contributed by atoms with van der Waals surface area (Å²) in [5.74, 6) is -13.9. The van der Waals surface area contributed by atoms with Gasteiger partial charge in [-0.15, -0.1) is 0 Å². The molecule has 0 bridgehead atoms. The molecule has 0 heterocycles. The fourth-order valence-corrected chi connectivity index (χ4v) is 1.85. The van der Waals surface area contributed by atoms with Crippen LogP contribution >= 0.6 is 0 Å². The molecule has 1 N–H and O–H groups in total. The van der Waals surface area contributed by atoms with Gasteiger partial charge in [0.2, 0.25) is 5.82 Å². The molecule has 2 rings (SSSR count). The summed E-state index contributed by atoms with van der Waals surface area (Å²) < 4.78 is 62.1. The van der Waals surface area contributed by atoms with Gasteiger partial charge in [-0.3, -0.25) is 0 Å². The van der Waals surface area contributed by atoms with E-state index in [-0.39, 0.29) is 0 Å². The van der Waals surface area contributed by atoms with Crippen LogP contribution in [0.4, 0.5) is 22.0 Å². The smallest absolute Gasteiger partial charge is 0.341 e. The van der Waals surface area contributed by atoms with Gasteiger partial charge < -0.3 is 5.11 Å². The van der Waals surface area contributed by atoms with Crippen LogP contribution in [0.15, 0.2) is 36.4 Å². The fraction of sp³-hybridized carbons (Fsp3) is 0.350. The maximum absolute atomic E-state index is 12.6. The van der Waals surface area contributed by atoms with E-state index in [4.69, 9.17) is 5.11 Å². The molecule has 0 fully saturated rings. The Labute approximate surface area is 155 Å². The van der Waals surface area contributed by atoms with E-state index in [2.05, 4.69) is 13.8 Å². The number of benzene rings is 2. The summed E-state index contributed by atoms with van der Waals surface area (Å²) in [6.45, 7) is 4.49.